The van der Waals surface area contributed by atoms with Gasteiger partial charge >= 0.3 is 0 Å². The van der Waals surface area contributed by atoms with E-state index in [0.29, 0.717) is 12.1 Å². The van der Waals surface area contributed by atoms with E-state index in [1.54, 1.807) is 0 Å². The third-order valence-corrected chi connectivity index (χ3v) is 8.91. The smallest absolute Gasteiger partial charge is 0.227 e. The summed E-state index contributed by atoms with van der Waals surface area (Å²) in [5.74, 6) is 1.85. The molecule has 2 aromatic rings. The van der Waals surface area contributed by atoms with E-state index in [0.717, 1.165) is 61.5 Å². The molecule has 0 aromatic heterocycles. The summed E-state index contributed by atoms with van der Waals surface area (Å²) in [4.78, 5) is 25.9. The molecular weight excluding hydrogens is 456 g/mol. The Hall–Kier alpha value is -2.62. The molecular formula is C33H46N2O2. The number of hydrogen-bond donors (Lipinski definition) is 2. The van der Waals surface area contributed by atoms with Crippen molar-refractivity contribution in [3.63, 3.8) is 0 Å². The molecule has 200 valence electrons. The van der Waals surface area contributed by atoms with Crippen LogP contribution < -0.4 is 10.6 Å². The van der Waals surface area contributed by atoms with Crippen LogP contribution >= 0.6 is 0 Å². The molecule has 2 unspecified atom stereocenters. The van der Waals surface area contributed by atoms with Gasteiger partial charge in [0.15, 0.2) is 0 Å². The van der Waals surface area contributed by atoms with E-state index in [4.69, 9.17) is 0 Å². The number of carbonyl (C=O) groups excluding carboxylic acids is 2. The normalized spacial score (nSPS) is 25.6. The van der Waals surface area contributed by atoms with Crippen molar-refractivity contribution in [3.05, 3.63) is 71.8 Å². The first kappa shape index (κ1) is 27.4. The van der Waals surface area contributed by atoms with Crippen LogP contribution in [0.15, 0.2) is 60.7 Å². The van der Waals surface area contributed by atoms with Gasteiger partial charge in [0.05, 0.1) is 11.8 Å². The zero-order chi connectivity index (χ0) is 26.0. The van der Waals surface area contributed by atoms with Crippen molar-refractivity contribution in [3.8, 4) is 0 Å². The van der Waals surface area contributed by atoms with Crippen LogP contribution in [0.5, 0.6) is 0 Å². The van der Waals surface area contributed by atoms with Gasteiger partial charge < -0.3 is 10.6 Å². The molecule has 2 N–H and O–H groups in total. The number of benzene rings is 2. The van der Waals surface area contributed by atoms with E-state index >= 15 is 0 Å². The van der Waals surface area contributed by atoms with Crippen molar-refractivity contribution in [2.24, 2.45) is 11.8 Å². The lowest BCUT2D eigenvalue weighted by atomic mass is 9.75. The first-order valence-corrected chi connectivity index (χ1v) is 14.8. The second kappa shape index (κ2) is 13.8. The molecule has 0 spiro atoms. The van der Waals surface area contributed by atoms with Gasteiger partial charge in [0.25, 0.3) is 0 Å². The molecule has 0 radical (unpaired) electrons. The Labute approximate surface area is 224 Å². The van der Waals surface area contributed by atoms with Crippen LogP contribution in [0.4, 0.5) is 0 Å². The van der Waals surface area contributed by atoms with Crippen LogP contribution in [-0.2, 0) is 9.59 Å². The second-order valence-corrected chi connectivity index (χ2v) is 11.4. The minimum absolute atomic E-state index is 0.0464. The van der Waals surface area contributed by atoms with Gasteiger partial charge in [-0.3, -0.25) is 9.59 Å². The van der Waals surface area contributed by atoms with E-state index in [-0.39, 0.29) is 23.7 Å². The predicted octanol–water partition coefficient (Wildman–Crippen LogP) is 7.11. The van der Waals surface area contributed by atoms with Gasteiger partial charge in [-0.2, -0.15) is 0 Å². The largest absolute Gasteiger partial charge is 0.353 e. The summed E-state index contributed by atoms with van der Waals surface area (Å²) in [5, 5.41) is 6.73. The van der Waals surface area contributed by atoms with Gasteiger partial charge in [-0.25, -0.2) is 0 Å². The Balaban J connectivity index is 1.16. The number of nitrogens with one attached hydrogen (secondary N) is 2. The predicted molar refractivity (Wildman–Crippen MR) is 151 cm³/mol. The minimum atomic E-state index is -0.0464. The third kappa shape index (κ3) is 7.69. The fourth-order valence-electron chi connectivity index (χ4n) is 6.68. The summed E-state index contributed by atoms with van der Waals surface area (Å²) in [6, 6.07) is 21.0. The van der Waals surface area contributed by atoms with E-state index in [1.807, 2.05) is 36.4 Å². The summed E-state index contributed by atoms with van der Waals surface area (Å²) in [6.07, 6.45) is 12.3. The van der Waals surface area contributed by atoms with Crippen LogP contribution in [-0.4, -0.2) is 23.9 Å². The van der Waals surface area contributed by atoms with Crippen LogP contribution in [0.2, 0.25) is 0 Å². The molecule has 4 nitrogen and oxygen atoms in total. The maximum atomic E-state index is 12.9. The lowest BCUT2D eigenvalue weighted by Gasteiger charge is -2.35. The average Bonchev–Trinajstić information content (AvgIpc) is 2.93. The van der Waals surface area contributed by atoms with Crippen molar-refractivity contribution in [1.82, 2.24) is 10.6 Å². The zero-order valence-electron chi connectivity index (χ0n) is 22.8. The summed E-state index contributed by atoms with van der Waals surface area (Å²) >= 11 is 0. The Morgan fingerprint density at radius 2 is 0.973 bits per heavy atom. The molecule has 0 saturated heterocycles. The lowest BCUT2D eigenvalue weighted by Crippen LogP contribution is -2.41. The van der Waals surface area contributed by atoms with E-state index in [2.05, 4.69) is 48.7 Å². The second-order valence-electron chi connectivity index (χ2n) is 11.4. The van der Waals surface area contributed by atoms with Crippen LogP contribution in [0, 0.1) is 11.8 Å². The highest BCUT2D eigenvalue weighted by Gasteiger charge is 2.30. The average molecular weight is 503 g/mol. The molecule has 4 heteroatoms. The molecule has 2 aromatic carbocycles. The van der Waals surface area contributed by atoms with Gasteiger partial charge in [-0.05, 0) is 93.6 Å². The molecule has 0 aliphatic heterocycles. The fourth-order valence-corrected chi connectivity index (χ4v) is 6.68. The first-order chi connectivity index (χ1) is 18.1. The summed E-state index contributed by atoms with van der Waals surface area (Å²) in [6.45, 7) is 4.19. The quantitative estimate of drug-likeness (QED) is 0.364. The van der Waals surface area contributed by atoms with Crippen LogP contribution in [0.3, 0.4) is 0 Å². The van der Waals surface area contributed by atoms with Gasteiger partial charge in [-0.1, -0.05) is 74.5 Å². The van der Waals surface area contributed by atoms with Crippen LogP contribution in [0.25, 0.3) is 0 Å². The highest BCUT2D eigenvalue weighted by molar-refractivity contribution is 5.84. The van der Waals surface area contributed by atoms with Gasteiger partial charge in [0, 0.05) is 12.1 Å². The minimum Gasteiger partial charge on any atom is -0.353 e. The molecule has 37 heavy (non-hydrogen) atoms. The molecule has 2 amide bonds. The molecule has 2 atom stereocenters. The number of carbonyl (C=O) groups is 2. The number of hydrogen-bond acceptors (Lipinski definition) is 2. The summed E-state index contributed by atoms with van der Waals surface area (Å²) in [7, 11) is 0. The fraction of sp³-hybridized carbons (Fsp3) is 0.576. The topological polar surface area (TPSA) is 58.2 Å². The highest BCUT2D eigenvalue weighted by atomic mass is 16.2. The molecule has 2 aliphatic carbocycles. The van der Waals surface area contributed by atoms with E-state index in [1.165, 1.54) is 32.1 Å². The summed E-state index contributed by atoms with van der Waals surface area (Å²) in [5.41, 5.74) is 2.24. The Morgan fingerprint density at radius 3 is 1.30 bits per heavy atom. The molecule has 2 saturated carbocycles. The molecule has 0 heterocycles. The summed E-state index contributed by atoms with van der Waals surface area (Å²) < 4.78 is 0. The third-order valence-electron chi connectivity index (χ3n) is 8.91. The molecule has 0 bridgehead atoms. The van der Waals surface area contributed by atoms with Gasteiger partial charge in [0.2, 0.25) is 11.8 Å². The van der Waals surface area contributed by atoms with E-state index in [9.17, 15) is 9.59 Å². The Kier molecular flexibility index (Phi) is 10.2. The van der Waals surface area contributed by atoms with E-state index < -0.39 is 0 Å². The Morgan fingerprint density at radius 1 is 0.622 bits per heavy atom. The monoisotopic (exact) mass is 502 g/mol. The number of rotatable bonds is 10. The van der Waals surface area contributed by atoms with Crippen LogP contribution in [0.1, 0.15) is 107 Å². The first-order valence-electron chi connectivity index (χ1n) is 14.8. The van der Waals surface area contributed by atoms with Crippen molar-refractivity contribution >= 4 is 11.8 Å². The lowest BCUT2D eigenvalue weighted by molar-refractivity contribution is -0.124. The highest BCUT2D eigenvalue weighted by Crippen LogP contribution is 2.36. The van der Waals surface area contributed by atoms with Crippen molar-refractivity contribution in [2.45, 2.75) is 108 Å². The number of amides is 2. The molecule has 2 fully saturated rings. The molecule has 4 rings (SSSR count). The van der Waals surface area contributed by atoms with Gasteiger partial charge in [0.1, 0.15) is 0 Å². The maximum Gasteiger partial charge on any atom is 0.227 e. The molecule has 2 aliphatic rings. The zero-order valence-corrected chi connectivity index (χ0v) is 22.8. The SMILES string of the molecule is CCC(C(=O)NC1CCC(CC2CCC(NC(=O)C(CC)c3ccccc3)CC2)CC1)c1ccccc1. The maximum absolute atomic E-state index is 12.9. The van der Waals surface area contributed by atoms with Crippen molar-refractivity contribution in [2.75, 3.05) is 0 Å². The Bertz CT molecular complexity index is 881. The van der Waals surface area contributed by atoms with Crippen molar-refractivity contribution in [1.29, 1.82) is 0 Å². The standard InChI is InChI=1S/C33H46N2O2/c1-3-30(26-11-7-5-8-12-26)32(36)34-28-19-15-24(16-20-28)23-25-17-21-29(22-18-25)35-33(37)31(4-2)27-13-9-6-10-14-27/h5-14,24-25,28-31H,3-4,15-23H2,1-2H3,(H,34,36)(H,35,37). The van der Waals surface area contributed by atoms with Crippen molar-refractivity contribution < 1.29 is 9.59 Å². The van der Waals surface area contributed by atoms with Gasteiger partial charge in [-0.15, -0.1) is 0 Å².